The van der Waals surface area contributed by atoms with Crippen molar-refractivity contribution in [3.63, 3.8) is 0 Å². The molecule has 0 unspecified atom stereocenters. The van der Waals surface area contributed by atoms with Gasteiger partial charge in [0.15, 0.2) is 5.65 Å². The molecule has 2 aromatic heterocycles. The zero-order chi connectivity index (χ0) is 22.9. The first-order valence-corrected chi connectivity index (χ1v) is 9.41. The van der Waals surface area contributed by atoms with Gasteiger partial charge in [-0.25, -0.2) is 18.3 Å². The third kappa shape index (κ3) is 4.16. The number of aromatic nitrogens is 3. The minimum atomic E-state index is -4.58. The lowest BCUT2D eigenvalue weighted by molar-refractivity contribution is -0.138. The third-order valence-electron chi connectivity index (χ3n) is 4.80. The maximum Gasteiger partial charge on any atom is 0.416 e. The molecular formula is C22H15F5N4O. The number of nitrogens with zero attached hydrogens (tertiary/aromatic N) is 3. The van der Waals surface area contributed by atoms with Crippen molar-refractivity contribution in [3.8, 4) is 11.3 Å². The summed E-state index contributed by atoms with van der Waals surface area (Å²) in [6, 6.07) is 14.6. The molecule has 0 saturated carbocycles. The number of nitrogens with one attached hydrogen (secondary N) is 1. The largest absolute Gasteiger partial charge is 0.416 e. The van der Waals surface area contributed by atoms with Gasteiger partial charge < -0.3 is 5.32 Å². The molecule has 0 radical (unpaired) electrons. The molecule has 32 heavy (non-hydrogen) atoms. The van der Waals surface area contributed by atoms with Crippen LogP contribution in [-0.2, 0) is 12.7 Å². The van der Waals surface area contributed by atoms with Crippen LogP contribution in [0.3, 0.4) is 0 Å². The van der Waals surface area contributed by atoms with Crippen molar-refractivity contribution in [2.24, 2.45) is 0 Å². The highest BCUT2D eigenvalue weighted by Gasteiger charge is 2.33. The molecule has 0 aliphatic rings. The number of benzene rings is 2. The van der Waals surface area contributed by atoms with Crippen LogP contribution in [0.1, 0.15) is 33.6 Å². The quantitative estimate of drug-likeness (QED) is 0.424. The van der Waals surface area contributed by atoms with Gasteiger partial charge in [0, 0.05) is 12.1 Å². The molecule has 2 aromatic carbocycles. The van der Waals surface area contributed by atoms with E-state index >= 15 is 0 Å². The summed E-state index contributed by atoms with van der Waals surface area (Å²) in [6.07, 6.45) is -6.41. The number of halogens is 5. The topological polar surface area (TPSA) is 59.3 Å². The average molecular weight is 446 g/mol. The number of carbonyl (C=O) groups excluding carboxylic acids is 1. The van der Waals surface area contributed by atoms with Gasteiger partial charge in [-0.05, 0) is 17.7 Å². The number of amides is 1. The minimum absolute atomic E-state index is 0.122. The molecular weight excluding hydrogens is 431 g/mol. The summed E-state index contributed by atoms with van der Waals surface area (Å²) in [4.78, 5) is 17.0. The zero-order valence-electron chi connectivity index (χ0n) is 16.3. The Morgan fingerprint density at radius 3 is 2.41 bits per heavy atom. The van der Waals surface area contributed by atoms with E-state index in [4.69, 9.17) is 0 Å². The molecule has 164 valence electrons. The molecule has 1 N–H and O–H groups in total. The van der Waals surface area contributed by atoms with Crippen LogP contribution >= 0.6 is 0 Å². The summed E-state index contributed by atoms with van der Waals surface area (Å²) in [5.41, 5.74) is -0.942. The molecule has 0 bridgehead atoms. The van der Waals surface area contributed by atoms with Gasteiger partial charge in [-0.15, -0.1) is 0 Å². The molecule has 4 rings (SSSR count). The Hall–Kier alpha value is -3.82. The zero-order valence-corrected chi connectivity index (χ0v) is 16.3. The van der Waals surface area contributed by atoms with Gasteiger partial charge in [-0.2, -0.15) is 18.3 Å². The first kappa shape index (κ1) is 21.4. The van der Waals surface area contributed by atoms with Crippen LogP contribution in [0.4, 0.5) is 22.0 Å². The second kappa shape index (κ2) is 8.37. The van der Waals surface area contributed by atoms with Crippen LogP contribution in [0.15, 0.2) is 66.9 Å². The first-order valence-electron chi connectivity index (χ1n) is 9.41. The minimum Gasteiger partial charge on any atom is -0.348 e. The van der Waals surface area contributed by atoms with E-state index in [0.717, 1.165) is 16.8 Å². The molecule has 10 heteroatoms. The van der Waals surface area contributed by atoms with Crippen molar-refractivity contribution >= 4 is 11.6 Å². The van der Waals surface area contributed by atoms with E-state index in [-0.39, 0.29) is 22.5 Å². The van der Waals surface area contributed by atoms with Crippen molar-refractivity contribution in [1.29, 1.82) is 0 Å². The highest BCUT2D eigenvalue weighted by atomic mass is 19.4. The fourth-order valence-electron chi connectivity index (χ4n) is 3.28. The Kier molecular flexibility index (Phi) is 5.60. The lowest BCUT2D eigenvalue weighted by Crippen LogP contribution is -2.24. The second-order valence-corrected chi connectivity index (χ2v) is 6.86. The molecule has 1 amide bonds. The summed E-state index contributed by atoms with van der Waals surface area (Å²) in [5.74, 6) is -0.782. The monoisotopic (exact) mass is 446 g/mol. The molecule has 0 atom stereocenters. The van der Waals surface area contributed by atoms with E-state index in [1.807, 2.05) is 0 Å². The Labute approximate surface area is 178 Å². The Bertz CT molecular complexity index is 1270. The van der Waals surface area contributed by atoms with E-state index in [2.05, 4.69) is 15.4 Å². The smallest absolute Gasteiger partial charge is 0.348 e. The number of rotatable bonds is 5. The van der Waals surface area contributed by atoms with Crippen LogP contribution in [-0.4, -0.2) is 20.5 Å². The predicted octanol–water partition coefficient (Wildman–Crippen LogP) is 5.28. The van der Waals surface area contributed by atoms with Crippen molar-refractivity contribution in [3.05, 3.63) is 89.2 Å². The van der Waals surface area contributed by atoms with E-state index in [0.29, 0.717) is 5.56 Å². The van der Waals surface area contributed by atoms with Crippen molar-refractivity contribution < 1.29 is 26.7 Å². The van der Waals surface area contributed by atoms with Gasteiger partial charge >= 0.3 is 6.18 Å². The molecule has 0 aliphatic heterocycles. The predicted molar refractivity (Wildman–Crippen MR) is 106 cm³/mol. The molecule has 0 aliphatic carbocycles. The number of carbonyl (C=O) groups is 1. The Balaban J connectivity index is 1.69. The fraction of sp³-hybridized carbons (Fsp3) is 0.136. The lowest BCUT2D eigenvalue weighted by atomic mass is 10.1. The summed E-state index contributed by atoms with van der Waals surface area (Å²) in [5, 5.41) is 6.24. The number of alkyl halides is 5. The maximum atomic E-state index is 13.6. The normalized spacial score (nSPS) is 11.8. The highest BCUT2D eigenvalue weighted by Crippen LogP contribution is 2.32. The molecule has 0 fully saturated rings. The Morgan fingerprint density at radius 2 is 1.72 bits per heavy atom. The van der Waals surface area contributed by atoms with E-state index in [1.165, 1.54) is 24.3 Å². The van der Waals surface area contributed by atoms with E-state index < -0.39 is 36.3 Å². The maximum absolute atomic E-state index is 13.6. The average Bonchev–Trinajstić information content (AvgIpc) is 3.21. The molecule has 2 heterocycles. The van der Waals surface area contributed by atoms with E-state index in [1.54, 1.807) is 30.3 Å². The van der Waals surface area contributed by atoms with Gasteiger partial charge in [-0.3, -0.25) is 4.79 Å². The van der Waals surface area contributed by atoms with Gasteiger partial charge in [0.2, 0.25) is 0 Å². The van der Waals surface area contributed by atoms with Gasteiger partial charge in [-0.1, -0.05) is 48.5 Å². The Morgan fingerprint density at radius 1 is 1.03 bits per heavy atom. The summed E-state index contributed by atoms with van der Waals surface area (Å²) in [7, 11) is 0. The standard InChI is InChI=1S/C22H15F5N4O/c23-19(24)18-10-17(13-6-2-1-3-7-13)30-20-15(12-29-31(18)20)21(32)28-11-14-8-4-5-9-16(14)22(25,26)27/h1-10,12,19H,11H2,(H,28,32). The van der Waals surface area contributed by atoms with Crippen LogP contribution in [0.5, 0.6) is 0 Å². The van der Waals surface area contributed by atoms with Crippen LogP contribution in [0, 0.1) is 0 Å². The number of hydrogen-bond acceptors (Lipinski definition) is 3. The SMILES string of the molecule is O=C(NCc1ccccc1C(F)(F)F)c1cnn2c(C(F)F)cc(-c3ccccc3)nc12. The lowest BCUT2D eigenvalue weighted by Gasteiger charge is -2.13. The molecule has 0 spiro atoms. The van der Waals surface area contributed by atoms with Crippen molar-refractivity contribution in [2.75, 3.05) is 0 Å². The number of fused-ring (bicyclic) bond motifs is 1. The molecule has 4 aromatic rings. The van der Waals surface area contributed by atoms with Gasteiger partial charge in [0.25, 0.3) is 12.3 Å². The highest BCUT2D eigenvalue weighted by molar-refractivity contribution is 5.99. The van der Waals surface area contributed by atoms with Crippen molar-refractivity contribution in [2.45, 2.75) is 19.1 Å². The van der Waals surface area contributed by atoms with Crippen LogP contribution in [0.25, 0.3) is 16.9 Å². The first-order chi connectivity index (χ1) is 15.3. The molecule has 0 saturated heterocycles. The summed E-state index contributed by atoms with van der Waals surface area (Å²) >= 11 is 0. The third-order valence-corrected chi connectivity index (χ3v) is 4.80. The number of hydrogen-bond donors (Lipinski definition) is 1. The van der Waals surface area contributed by atoms with Gasteiger partial charge in [0.1, 0.15) is 11.3 Å². The van der Waals surface area contributed by atoms with Gasteiger partial charge in [0.05, 0.1) is 17.5 Å². The second-order valence-electron chi connectivity index (χ2n) is 6.86. The summed E-state index contributed by atoms with van der Waals surface area (Å²) < 4.78 is 67.6. The van der Waals surface area contributed by atoms with E-state index in [9.17, 15) is 26.7 Å². The summed E-state index contributed by atoms with van der Waals surface area (Å²) in [6.45, 7) is -0.411. The fourth-order valence-corrected chi connectivity index (χ4v) is 3.28. The molecule has 5 nitrogen and oxygen atoms in total. The van der Waals surface area contributed by atoms with Crippen LogP contribution in [0.2, 0.25) is 0 Å². The van der Waals surface area contributed by atoms with Crippen molar-refractivity contribution in [1.82, 2.24) is 19.9 Å². The van der Waals surface area contributed by atoms with Crippen LogP contribution < -0.4 is 5.32 Å².